The van der Waals surface area contributed by atoms with Gasteiger partial charge in [-0.05, 0) is 159 Å². The van der Waals surface area contributed by atoms with Crippen molar-refractivity contribution in [1.29, 1.82) is 5.26 Å². The minimum Gasteiger partial charge on any atom is -0.311 e. The van der Waals surface area contributed by atoms with Crippen molar-refractivity contribution < 1.29 is 0 Å². The molecule has 6 aromatic rings. The summed E-state index contributed by atoms with van der Waals surface area (Å²) in [6.07, 6.45) is 27.2. The molecule has 1 aliphatic rings. The van der Waals surface area contributed by atoms with Gasteiger partial charge in [-0.2, -0.15) is 5.26 Å². The van der Waals surface area contributed by atoms with Gasteiger partial charge in [0.25, 0.3) is 0 Å². The van der Waals surface area contributed by atoms with Crippen LogP contribution in [0.5, 0.6) is 0 Å². The number of fused-ring (bicyclic) bond motifs is 3. The van der Waals surface area contributed by atoms with Crippen LogP contribution in [0.4, 0.5) is 17.1 Å². The van der Waals surface area contributed by atoms with E-state index in [0.29, 0.717) is 11.5 Å². The van der Waals surface area contributed by atoms with Gasteiger partial charge in [-0.3, -0.25) is 0 Å². The third kappa shape index (κ3) is 13.1. The van der Waals surface area contributed by atoms with Gasteiger partial charge >= 0.3 is 0 Å². The number of hydrogen-bond donors (Lipinski definition) is 0. The van der Waals surface area contributed by atoms with E-state index in [4.69, 9.17) is 5.26 Å². The molecule has 0 saturated heterocycles. The first kappa shape index (κ1) is 53.1. The monoisotopic (exact) mass is 959 g/mol. The highest BCUT2D eigenvalue weighted by Gasteiger charge is 2.47. The normalized spacial score (nSPS) is 15.3. The molecule has 370 valence electrons. The van der Waals surface area contributed by atoms with E-state index in [2.05, 4.69) is 213 Å². The number of allylic oxidation sites excluding steroid dienone is 3. The summed E-state index contributed by atoms with van der Waals surface area (Å²) in [6.45, 7) is 23.0. The maximum Gasteiger partial charge on any atom is 0.0944 e. The molecule has 0 bridgehead atoms. The van der Waals surface area contributed by atoms with E-state index in [0.717, 1.165) is 27.5 Å². The van der Waals surface area contributed by atoms with Gasteiger partial charge in [0.1, 0.15) is 0 Å². The standard InChI is InChI=1S/C68H82N2S/c1-11-13-15-17-19-21-46-68(51(4)24-20-18-16-14-12-2)64-47-54(31-44-62(64)63-45-34-56(48-65(63)68)67(8,9)10)53-29-37-58(38-30-53)70(59-39-32-55(33-40-59)66(5,6)7)57-35-26-52(27-36-57)28-41-61-43-42-60(71-61)25-22-23-50(3)49-69/h22-23,25-45,47-48,51H,11-21,24,46H2,1-10H3/b25-22+,41-28+,50-23+/t51-,68?/m0/s1. The summed E-state index contributed by atoms with van der Waals surface area (Å²) in [5.41, 5.74) is 16.8. The Labute approximate surface area is 434 Å². The van der Waals surface area contributed by atoms with Crippen molar-refractivity contribution in [2.24, 2.45) is 5.92 Å². The molecule has 0 fully saturated rings. The zero-order valence-electron chi connectivity index (χ0n) is 45.0. The molecule has 2 nitrogen and oxygen atoms in total. The number of rotatable bonds is 22. The average Bonchev–Trinajstić information content (AvgIpc) is 3.94. The summed E-state index contributed by atoms with van der Waals surface area (Å²) in [6, 6.07) is 48.9. The molecule has 3 heteroatoms. The van der Waals surface area contributed by atoms with Crippen molar-refractivity contribution in [3.05, 3.63) is 177 Å². The minimum absolute atomic E-state index is 0.0190. The number of hydrogen-bond acceptors (Lipinski definition) is 3. The molecule has 1 heterocycles. The van der Waals surface area contributed by atoms with E-state index in [1.807, 2.05) is 19.1 Å². The quantitative estimate of drug-likeness (QED) is 0.0385. The Balaban J connectivity index is 1.23. The SMILES string of the molecule is CCCCCCCCC1([C@@H](C)CCCCCCC)c2cc(-c3ccc(N(c4ccc(/C=C/c5ccc(/C=C/C=C(\C)C#N)s5)cc4)c4ccc(C(C)(C)C)cc4)cc3)ccc2-c2ccc(C(C)(C)C)cc21. The molecule has 0 spiro atoms. The second kappa shape index (κ2) is 24.2. The lowest BCUT2D eigenvalue weighted by atomic mass is 9.64. The fourth-order valence-corrected chi connectivity index (χ4v) is 11.6. The topological polar surface area (TPSA) is 27.0 Å². The van der Waals surface area contributed by atoms with E-state index < -0.39 is 0 Å². The number of unbranched alkanes of at least 4 members (excludes halogenated alkanes) is 9. The third-order valence-electron chi connectivity index (χ3n) is 15.1. The maximum absolute atomic E-state index is 9.06. The van der Waals surface area contributed by atoms with Crippen molar-refractivity contribution >= 4 is 46.6 Å². The van der Waals surface area contributed by atoms with Crippen LogP contribution in [0.3, 0.4) is 0 Å². The van der Waals surface area contributed by atoms with Crippen LogP contribution in [0, 0.1) is 17.2 Å². The predicted octanol–water partition coefficient (Wildman–Crippen LogP) is 21.1. The van der Waals surface area contributed by atoms with Crippen LogP contribution >= 0.6 is 11.3 Å². The van der Waals surface area contributed by atoms with Crippen LogP contribution < -0.4 is 4.90 Å². The first-order valence-electron chi connectivity index (χ1n) is 27.1. The predicted molar refractivity (Wildman–Crippen MR) is 312 cm³/mol. The van der Waals surface area contributed by atoms with E-state index in [1.165, 1.54) is 122 Å². The van der Waals surface area contributed by atoms with Crippen LogP contribution in [-0.4, -0.2) is 0 Å². The highest BCUT2D eigenvalue weighted by molar-refractivity contribution is 7.13. The molecule has 5 aromatic carbocycles. The molecule has 0 amide bonds. The molecule has 1 aromatic heterocycles. The van der Waals surface area contributed by atoms with Gasteiger partial charge in [-0.1, -0.05) is 212 Å². The molecule has 0 radical (unpaired) electrons. The Morgan fingerprint density at radius 1 is 0.577 bits per heavy atom. The second-order valence-corrected chi connectivity index (χ2v) is 23.7. The average molecular weight is 959 g/mol. The number of nitriles is 1. The number of nitrogens with zero attached hydrogens (tertiary/aromatic N) is 2. The number of anilines is 3. The fourth-order valence-electron chi connectivity index (χ4n) is 10.8. The highest BCUT2D eigenvalue weighted by Crippen LogP contribution is 2.58. The van der Waals surface area contributed by atoms with E-state index in [9.17, 15) is 0 Å². The highest BCUT2D eigenvalue weighted by atomic mass is 32.1. The second-order valence-electron chi connectivity index (χ2n) is 22.5. The van der Waals surface area contributed by atoms with Gasteiger partial charge in [0.05, 0.1) is 6.07 Å². The first-order chi connectivity index (χ1) is 34.2. The maximum atomic E-state index is 9.06. The lowest BCUT2D eigenvalue weighted by Crippen LogP contribution is -2.34. The summed E-state index contributed by atoms with van der Waals surface area (Å²) < 4.78 is 0. The van der Waals surface area contributed by atoms with Crippen LogP contribution in [0.25, 0.3) is 40.5 Å². The Morgan fingerprint density at radius 3 is 1.69 bits per heavy atom. The number of thiophene rings is 1. The first-order valence-corrected chi connectivity index (χ1v) is 27.9. The molecule has 0 N–H and O–H groups in total. The summed E-state index contributed by atoms with van der Waals surface area (Å²) in [5, 5.41) is 9.06. The van der Waals surface area contributed by atoms with Crippen molar-refractivity contribution in [3.8, 4) is 28.3 Å². The van der Waals surface area contributed by atoms with Crippen LogP contribution in [0.1, 0.15) is 190 Å². The zero-order chi connectivity index (χ0) is 50.6. The fraction of sp³-hybridized carbons (Fsp3) is 0.397. The summed E-state index contributed by atoms with van der Waals surface area (Å²) >= 11 is 1.74. The summed E-state index contributed by atoms with van der Waals surface area (Å²) in [7, 11) is 0. The molecule has 7 rings (SSSR count). The molecule has 0 aliphatic heterocycles. The molecule has 2 atom stereocenters. The van der Waals surface area contributed by atoms with Crippen molar-refractivity contribution in [2.75, 3.05) is 4.90 Å². The van der Waals surface area contributed by atoms with Crippen molar-refractivity contribution in [2.45, 2.75) is 169 Å². The van der Waals surface area contributed by atoms with Gasteiger partial charge in [0, 0.05) is 37.8 Å². The smallest absolute Gasteiger partial charge is 0.0944 e. The van der Waals surface area contributed by atoms with Gasteiger partial charge < -0.3 is 4.90 Å². The van der Waals surface area contributed by atoms with E-state index in [-0.39, 0.29) is 16.2 Å². The minimum atomic E-state index is -0.0190. The molecule has 1 aliphatic carbocycles. The van der Waals surface area contributed by atoms with Gasteiger partial charge in [-0.25, -0.2) is 0 Å². The van der Waals surface area contributed by atoms with Gasteiger partial charge in [-0.15, -0.1) is 11.3 Å². The lowest BCUT2D eigenvalue weighted by Gasteiger charge is -2.39. The lowest BCUT2D eigenvalue weighted by molar-refractivity contribution is 0.292. The van der Waals surface area contributed by atoms with Gasteiger partial charge in [0.15, 0.2) is 0 Å². The Bertz CT molecular complexity index is 2790. The Kier molecular flexibility index (Phi) is 18.1. The third-order valence-corrected chi connectivity index (χ3v) is 16.2. The molecular formula is C68H82N2S. The van der Waals surface area contributed by atoms with E-state index in [1.54, 1.807) is 22.5 Å². The summed E-state index contributed by atoms with van der Waals surface area (Å²) in [4.78, 5) is 4.74. The van der Waals surface area contributed by atoms with Crippen molar-refractivity contribution in [3.63, 3.8) is 0 Å². The van der Waals surface area contributed by atoms with Crippen LogP contribution in [0.2, 0.25) is 0 Å². The number of benzene rings is 5. The van der Waals surface area contributed by atoms with Crippen LogP contribution in [0.15, 0.2) is 139 Å². The van der Waals surface area contributed by atoms with E-state index >= 15 is 0 Å². The van der Waals surface area contributed by atoms with Crippen molar-refractivity contribution in [1.82, 2.24) is 0 Å². The zero-order valence-corrected chi connectivity index (χ0v) is 45.8. The summed E-state index contributed by atoms with van der Waals surface area (Å²) in [5.74, 6) is 0.535. The Morgan fingerprint density at radius 2 is 1.08 bits per heavy atom. The largest absolute Gasteiger partial charge is 0.311 e. The van der Waals surface area contributed by atoms with Gasteiger partial charge in [0.2, 0.25) is 0 Å². The molecule has 71 heavy (non-hydrogen) atoms. The molecular weight excluding hydrogens is 877 g/mol. The Hall–Kier alpha value is -5.69. The molecule has 0 saturated carbocycles. The molecule has 1 unspecified atom stereocenters. The van der Waals surface area contributed by atoms with Crippen LogP contribution in [-0.2, 0) is 16.2 Å².